The van der Waals surface area contributed by atoms with Gasteiger partial charge in [0.15, 0.2) is 0 Å². The van der Waals surface area contributed by atoms with Crippen LogP contribution in [0.2, 0.25) is 0 Å². The van der Waals surface area contributed by atoms with E-state index < -0.39 is 0 Å². The second kappa shape index (κ2) is 15.8. The molecule has 1 N–H and O–H groups in total. The molecule has 1 fully saturated rings. The molecule has 0 radical (unpaired) electrons. The molecule has 4 heteroatoms. The number of aromatic nitrogens is 2. The van der Waals surface area contributed by atoms with Gasteiger partial charge in [0, 0.05) is 32.4 Å². The largest absolute Gasteiger partial charge is 0.362 e. The van der Waals surface area contributed by atoms with E-state index in [0.717, 1.165) is 47.3 Å². The lowest BCUT2D eigenvalue weighted by Gasteiger charge is -2.29. The molecule has 0 unspecified atom stereocenters. The maximum Gasteiger partial charge on any atom is 0.139 e. The second-order valence-corrected chi connectivity index (χ2v) is 11.8. The monoisotopic (exact) mass is 526 g/mol. The summed E-state index contributed by atoms with van der Waals surface area (Å²) in [5, 5.41) is 4.96. The van der Waals surface area contributed by atoms with Crippen molar-refractivity contribution in [1.82, 2.24) is 15.3 Å². The molecular weight excluding hydrogens is 476 g/mol. The van der Waals surface area contributed by atoms with E-state index in [1.165, 1.54) is 82.7 Å². The highest BCUT2D eigenvalue weighted by molar-refractivity contribution is 5.89. The Labute approximate surface area is 237 Å². The van der Waals surface area contributed by atoms with Crippen molar-refractivity contribution < 1.29 is 0 Å². The molecular formula is C35H50N4. The van der Waals surface area contributed by atoms with Crippen LogP contribution in [0.1, 0.15) is 88.9 Å². The van der Waals surface area contributed by atoms with Gasteiger partial charge in [-0.25, -0.2) is 9.97 Å². The van der Waals surface area contributed by atoms with E-state index in [0.29, 0.717) is 0 Å². The van der Waals surface area contributed by atoms with Crippen molar-refractivity contribution in [2.75, 3.05) is 32.1 Å². The van der Waals surface area contributed by atoms with Crippen molar-refractivity contribution in [1.29, 1.82) is 0 Å². The first kappa shape index (κ1) is 29.3. The standard InChI is InChI=1S/C35H50N4/c1-4-5-7-17-31(25-29-15-8-6-9-16-29)27-36-26-30-23-21-28(22-24-30)14-10-13-20-34-37-33-19-12-11-18-32(33)35(38-34)39(2)3/h6,8-9,11-12,15-16,18-19,25,28,30,36H,4-5,7,10,13-14,17,20-24,26-27H2,1-3H3/b31-25+. The molecule has 1 aliphatic carbocycles. The smallest absolute Gasteiger partial charge is 0.139 e. The zero-order chi connectivity index (χ0) is 27.3. The van der Waals surface area contributed by atoms with Gasteiger partial charge in [-0.1, -0.05) is 99.6 Å². The van der Waals surface area contributed by atoms with E-state index >= 15 is 0 Å². The van der Waals surface area contributed by atoms with Crippen molar-refractivity contribution in [3.63, 3.8) is 0 Å². The van der Waals surface area contributed by atoms with E-state index in [1.54, 1.807) is 5.57 Å². The molecule has 0 atom stereocenters. The van der Waals surface area contributed by atoms with Crippen LogP contribution in [0, 0.1) is 11.8 Å². The van der Waals surface area contributed by atoms with Gasteiger partial charge in [0.05, 0.1) is 5.52 Å². The lowest BCUT2D eigenvalue weighted by atomic mass is 9.79. The Balaban J connectivity index is 1.15. The summed E-state index contributed by atoms with van der Waals surface area (Å²) in [6.07, 6.45) is 17.9. The van der Waals surface area contributed by atoms with Crippen LogP contribution in [-0.2, 0) is 6.42 Å². The number of nitrogens with zero attached hydrogens (tertiary/aromatic N) is 3. The summed E-state index contributed by atoms with van der Waals surface area (Å²) in [6, 6.07) is 19.2. The lowest BCUT2D eigenvalue weighted by Crippen LogP contribution is -2.28. The molecule has 39 heavy (non-hydrogen) atoms. The van der Waals surface area contributed by atoms with Gasteiger partial charge in [0.2, 0.25) is 0 Å². The van der Waals surface area contributed by atoms with Gasteiger partial charge in [0.25, 0.3) is 0 Å². The maximum absolute atomic E-state index is 4.88. The van der Waals surface area contributed by atoms with Crippen LogP contribution in [0.3, 0.4) is 0 Å². The maximum atomic E-state index is 4.88. The summed E-state index contributed by atoms with van der Waals surface area (Å²) in [7, 11) is 4.14. The molecule has 1 aliphatic rings. The molecule has 0 aliphatic heterocycles. The second-order valence-electron chi connectivity index (χ2n) is 11.8. The first-order valence-corrected chi connectivity index (χ1v) is 15.5. The number of benzene rings is 2. The lowest BCUT2D eigenvalue weighted by molar-refractivity contribution is 0.254. The third-order valence-electron chi connectivity index (χ3n) is 8.34. The highest BCUT2D eigenvalue weighted by Crippen LogP contribution is 2.32. The van der Waals surface area contributed by atoms with Crippen LogP contribution >= 0.6 is 0 Å². The number of para-hydroxylation sites is 1. The van der Waals surface area contributed by atoms with Crippen molar-refractivity contribution in [2.24, 2.45) is 11.8 Å². The van der Waals surface area contributed by atoms with Gasteiger partial charge >= 0.3 is 0 Å². The molecule has 4 nitrogen and oxygen atoms in total. The number of fused-ring (bicyclic) bond motifs is 1. The SMILES string of the molecule is CCCCC/C(=C\c1ccccc1)CNCC1CCC(CCCCc2nc(N(C)C)c3ccccc3n2)CC1. The van der Waals surface area contributed by atoms with Crippen LogP contribution in [0.15, 0.2) is 60.2 Å². The van der Waals surface area contributed by atoms with Gasteiger partial charge in [-0.3, -0.25) is 0 Å². The average molecular weight is 527 g/mol. The Morgan fingerprint density at radius 1 is 0.872 bits per heavy atom. The Morgan fingerprint density at radius 2 is 1.62 bits per heavy atom. The zero-order valence-electron chi connectivity index (χ0n) is 24.7. The number of rotatable bonds is 15. The number of hydrogen-bond acceptors (Lipinski definition) is 4. The first-order valence-electron chi connectivity index (χ1n) is 15.5. The Hall–Kier alpha value is -2.72. The van der Waals surface area contributed by atoms with Crippen LogP contribution < -0.4 is 10.2 Å². The molecule has 1 heterocycles. The fourth-order valence-corrected chi connectivity index (χ4v) is 6.04. The minimum Gasteiger partial charge on any atom is -0.362 e. The van der Waals surface area contributed by atoms with Gasteiger partial charge in [-0.15, -0.1) is 0 Å². The van der Waals surface area contributed by atoms with Crippen LogP contribution in [0.25, 0.3) is 17.0 Å². The third-order valence-corrected chi connectivity index (χ3v) is 8.34. The molecule has 2 aromatic carbocycles. The van der Waals surface area contributed by atoms with E-state index in [2.05, 4.69) is 91.9 Å². The predicted octanol–water partition coefficient (Wildman–Crippen LogP) is 8.47. The Morgan fingerprint density at radius 3 is 2.38 bits per heavy atom. The summed E-state index contributed by atoms with van der Waals surface area (Å²) in [5.41, 5.74) is 3.94. The van der Waals surface area contributed by atoms with E-state index in [9.17, 15) is 0 Å². The van der Waals surface area contributed by atoms with E-state index in [1.807, 2.05) is 0 Å². The summed E-state index contributed by atoms with van der Waals surface area (Å²) in [5.74, 6) is 3.76. The quantitative estimate of drug-likeness (QED) is 0.202. The van der Waals surface area contributed by atoms with Crippen molar-refractivity contribution in [3.05, 3.63) is 71.6 Å². The predicted molar refractivity (Wildman–Crippen MR) is 168 cm³/mol. The van der Waals surface area contributed by atoms with Crippen LogP contribution in [-0.4, -0.2) is 37.2 Å². The van der Waals surface area contributed by atoms with Crippen LogP contribution in [0.4, 0.5) is 5.82 Å². The average Bonchev–Trinajstić information content (AvgIpc) is 2.96. The molecule has 210 valence electrons. The molecule has 1 saturated carbocycles. The normalized spacial score (nSPS) is 18.0. The molecule has 4 rings (SSSR count). The molecule has 0 bridgehead atoms. The van der Waals surface area contributed by atoms with Crippen LogP contribution in [0.5, 0.6) is 0 Å². The van der Waals surface area contributed by atoms with Gasteiger partial charge < -0.3 is 10.2 Å². The van der Waals surface area contributed by atoms with Gasteiger partial charge in [0.1, 0.15) is 11.6 Å². The molecule has 3 aromatic rings. The third kappa shape index (κ3) is 9.46. The van der Waals surface area contributed by atoms with Crippen molar-refractivity contribution >= 4 is 22.8 Å². The van der Waals surface area contributed by atoms with Gasteiger partial charge in [-0.05, 0) is 68.2 Å². The molecule has 1 aromatic heterocycles. The number of hydrogen-bond donors (Lipinski definition) is 1. The molecule has 0 amide bonds. The fourth-order valence-electron chi connectivity index (χ4n) is 6.04. The minimum absolute atomic E-state index is 0.838. The number of nitrogens with one attached hydrogen (secondary N) is 1. The van der Waals surface area contributed by atoms with Crippen molar-refractivity contribution in [3.8, 4) is 0 Å². The first-order chi connectivity index (χ1) is 19.1. The Kier molecular flexibility index (Phi) is 11.8. The van der Waals surface area contributed by atoms with Gasteiger partial charge in [-0.2, -0.15) is 0 Å². The highest BCUT2D eigenvalue weighted by Gasteiger charge is 2.20. The Bertz CT molecular complexity index is 1150. The highest BCUT2D eigenvalue weighted by atomic mass is 15.1. The number of aryl methyl sites for hydroxylation is 1. The van der Waals surface area contributed by atoms with E-state index in [4.69, 9.17) is 9.97 Å². The fraction of sp³-hybridized carbons (Fsp3) is 0.543. The number of unbranched alkanes of at least 4 members (excludes halogenated alkanes) is 3. The van der Waals surface area contributed by atoms with Crippen molar-refractivity contribution in [2.45, 2.75) is 84.0 Å². The zero-order valence-corrected chi connectivity index (χ0v) is 24.7. The summed E-state index contributed by atoms with van der Waals surface area (Å²) < 4.78 is 0. The summed E-state index contributed by atoms with van der Waals surface area (Å²) >= 11 is 0. The topological polar surface area (TPSA) is 41.1 Å². The molecule has 0 spiro atoms. The summed E-state index contributed by atoms with van der Waals surface area (Å²) in [6.45, 7) is 4.49. The number of anilines is 1. The molecule has 0 saturated heterocycles. The minimum atomic E-state index is 0.838. The summed E-state index contributed by atoms with van der Waals surface area (Å²) in [4.78, 5) is 11.8. The van der Waals surface area contributed by atoms with E-state index in [-0.39, 0.29) is 0 Å².